The molecule has 3 heterocycles. The Morgan fingerprint density at radius 2 is 2.44 bits per heavy atom. The monoisotopic (exact) mass is 246 g/mol. The number of carbonyl (C=O) groups excluding carboxylic acids is 1. The van der Waals surface area contributed by atoms with Gasteiger partial charge in [-0.05, 0) is 25.0 Å². The van der Waals surface area contributed by atoms with Gasteiger partial charge in [-0.1, -0.05) is 0 Å². The lowest BCUT2D eigenvalue weighted by molar-refractivity contribution is 0.0641. The van der Waals surface area contributed by atoms with Crippen LogP contribution in [0.2, 0.25) is 0 Å². The van der Waals surface area contributed by atoms with Gasteiger partial charge >= 0.3 is 0 Å². The van der Waals surface area contributed by atoms with E-state index in [4.69, 9.17) is 4.42 Å². The molecule has 1 atom stereocenters. The Kier molecular flexibility index (Phi) is 2.84. The summed E-state index contributed by atoms with van der Waals surface area (Å²) in [5.41, 5.74) is 0. The van der Waals surface area contributed by atoms with Crippen molar-refractivity contribution in [1.82, 2.24) is 19.7 Å². The second-order valence-electron chi connectivity index (χ2n) is 4.40. The number of furan rings is 1. The summed E-state index contributed by atoms with van der Waals surface area (Å²) in [6.07, 6.45) is 6.73. The molecule has 0 radical (unpaired) electrons. The van der Waals surface area contributed by atoms with E-state index in [0.717, 1.165) is 19.4 Å². The van der Waals surface area contributed by atoms with E-state index in [2.05, 4.69) is 10.1 Å². The van der Waals surface area contributed by atoms with Crippen molar-refractivity contribution in [2.75, 3.05) is 13.1 Å². The Morgan fingerprint density at radius 3 is 3.17 bits per heavy atom. The molecule has 18 heavy (non-hydrogen) atoms. The average molecular weight is 246 g/mol. The minimum absolute atomic E-state index is 0.0511. The second kappa shape index (κ2) is 4.64. The van der Waals surface area contributed by atoms with Gasteiger partial charge in [-0.2, -0.15) is 5.10 Å². The van der Waals surface area contributed by atoms with Crippen LogP contribution in [0.25, 0.3) is 0 Å². The van der Waals surface area contributed by atoms with Crippen molar-refractivity contribution < 1.29 is 9.21 Å². The van der Waals surface area contributed by atoms with Crippen molar-refractivity contribution in [1.29, 1.82) is 0 Å². The molecule has 0 unspecified atom stereocenters. The highest BCUT2D eigenvalue weighted by molar-refractivity contribution is 5.91. The van der Waals surface area contributed by atoms with Crippen molar-refractivity contribution >= 4 is 5.91 Å². The Labute approximate surface area is 104 Å². The third-order valence-corrected chi connectivity index (χ3v) is 3.23. The SMILES string of the molecule is O=C(c1ccco1)N1CCC[C@H](n2cncn2)C1. The number of hydrogen-bond donors (Lipinski definition) is 0. The molecule has 0 N–H and O–H groups in total. The van der Waals surface area contributed by atoms with E-state index in [1.807, 2.05) is 9.58 Å². The third-order valence-electron chi connectivity index (χ3n) is 3.23. The average Bonchev–Trinajstić information content (AvgIpc) is 3.11. The zero-order valence-corrected chi connectivity index (χ0v) is 9.90. The van der Waals surface area contributed by atoms with Crippen molar-refractivity contribution in [3.63, 3.8) is 0 Å². The van der Waals surface area contributed by atoms with Gasteiger partial charge in [0.2, 0.25) is 0 Å². The predicted octanol–water partition coefficient (Wildman–Crippen LogP) is 1.35. The lowest BCUT2D eigenvalue weighted by Gasteiger charge is -2.32. The Morgan fingerprint density at radius 1 is 1.50 bits per heavy atom. The van der Waals surface area contributed by atoms with Gasteiger partial charge in [0.1, 0.15) is 12.7 Å². The van der Waals surface area contributed by atoms with Gasteiger partial charge in [-0.15, -0.1) is 0 Å². The lowest BCUT2D eigenvalue weighted by atomic mass is 10.1. The highest BCUT2D eigenvalue weighted by atomic mass is 16.3. The quantitative estimate of drug-likeness (QED) is 0.802. The predicted molar refractivity (Wildman–Crippen MR) is 62.9 cm³/mol. The summed E-state index contributed by atoms with van der Waals surface area (Å²) < 4.78 is 6.97. The van der Waals surface area contributed by atoms with Gasteiger partial charge in [0, 0.05) is 13.1 Å². The Bertz CT molecular complexity index is 506. The fourth-order valence-corrected chi connectivity index (χ4v) is 2.32. The summed E-state index contributed by atoms with van der Waals surface area (Å²) in [5.74, 6) is 0.346. The molecule has 1 fully saturated rings. The first-order valence-electron chi connectivity index (χ1n) is 6.01. The Balaban J connectivity index is 1.73. The highest BCUT2D eigenvalue weighted by Gasteiger charge is 2.26. The molecule has 0 bridgehead atoms. The zero-order chi connectivity index (χ0) is 12.4. The van der Waals surface area contributed by atoms with Gasteiger partial charge in [0.25, 0.3) is 5.91 Å². The van der Waals surface area contributed by atoms with Crippen LogP contribution < -0.4 is 0 Å². The van der Waals surface area contributed by atoms with Gasteiger partial charge in [-0.25, -0.2) is 9.67 Å². The molecule has 6 heteroatoms. The van der Waals surface area contributed by atoms with Crippen LogP contribution in [0.5, 0.6) is 0 Å². The molecule has 3 rings (SSSR count). The van der Waals surface area contributed by atoms with Crippen LogP contribution in [0.1, 0.15) is 29.4 Å². The van der Waals surface area contributed by atoms with Crippen molar-refractivity contribution in [3.05, 3.63) is 36.8 Å². The van der Waals surface area contributed by atoms with Crippen molar-refractivity contribution in [2.24, 2.45) is 0 Å². The molecule has 0 aliphatic carbocycles. The number of likely N-dealkylation sites (tertiary alicyclic amines) is 1. The maximum atomic E-state index is 12.2. The van der Waals surface area contributed by atoms with E-state index in [9.17, 15) is 4.79 Å². The van der Waals surface area contributed by atoms with E-state index >= 15 is 0 Å². The first-order chi connectivity index (χ1) is 8.84. The van der Waals surface area contributed by atoms with Crippen LogP contribution >= 0.6 is 0 Å². The summed E-state index contributed by atoms with van der Waals surface area (Å²) in [5, 5.41) is 4.14. The van der Waals surface area contributed by atoms with Gasteiger partial charge in [-0.3, -0.25) is 4.79 Å². The van der Waals surface area contributed by atoms with Gasteiger partial charge in [0.05, 0.1) is 12.3 Å². The van der Waals surface area contributed by atoms with Crippen LogP contribution in [-0.4, -0.2) is 38.7 Å². The summed E-state index contributed by atoms with van der Waals surface area (Å²) >= 11 is 0. The number of aromatic nitrogens is 3. The van der Waals surface area contributed by atoms with Crippen LogP contribution in [-0.2, 0) is 0 Å². The zero-order valence-electron chi connectivity index (χ0n) is 9.90. The maximum absolute atomic E-state index is 12.2. The van der Waals surface area contributed by atoms with E-state index < -0.39 is 0 Å². The molecule has 2 aromatic heterocycles. The van der Waals surface area contributed by atoms with Crippen LogP contribution in [0, 0.1) is 0 Å². The first-order valence-corrected chi connectivity index (χ1v) is 6.01. The molecule has 2 aromatic rings. The summed E-state index contributed by atoms with van der Waals surface area (Å²) in [6, 6.07) is 3.63. The van der Waals surface area contributed by atoms with Crippen molar-refractivity contribution in [2.45, 2.75) is 18.9 Å². The number of nitrogens with zero attached hydrogens (tertiary/aromatic N) is 4. The van der Waals surface area contributed by atoms with Crippen molar-refractivity contribution in [3.8, 4) is 0 Å². The molecule has 0 saturated carbocycles. The van der Waals surface area contributed by atoms with Crippen LogP contribution in [0.15, 0.2) is 35.5 Å². The Hall–Kier alpha value is -2.11. The van der Waals surface area contributed by atoms with Crippen LogP contribution in [0.3, 0.4) is 0 Å². The van der Waals surface area contributed by atoms with E-state index in [1.165, 1.54) is 12.6 Å². The largest absolute Gasteiger partial charge is 0.459 e. The topological polar surface area (TPSA) is 64.2 Å². The smallest absolute Gasteiger partial charge is 0.289 e. The van der Waals surface area contributed by atoms with E-state index in [0.29, 0.717) is 12.3 Å². The minimum Gasteiger partial charge on any atom is -0.459 e. The number of hydrogen-bond acceptors (Lipinski definition) is 4. The summed E-state index contributed by atoms with van der Waals surface area (Å²) in [4.78, 5) is 17.9. The molecule has 1 saturated heterocycles. The standard InChI is InChI=1S/C12H14N4O2/c17-12(11-4-2-6-18-11)15-5-1-3-10(7-15)16-9-13-8-14-16/h2,4,6,8-10H,1,3,5,7H2/t10-/m0/s1. The molecular formula is C12H14N4O2. The molecule has 0 aromatic carbocycles. The number of rotatable bonds is 2. The fraction of sp³-hybridized carbons (Fsp3) is 0.417. The van der Waals surface area contributed by atoms with Crippen LogP contribution in [0.4, 0.5) is 0 Å². The molecule has 94 valence electrons. The lowest BCUT2D eigenvalue weighted by Crippen LogP contribution is -2.40. The van der Waals surface area contributed by atoms with E-state index in [1.54, 1.807) is 18.5 Å². The number of amides is 1. The second-order valence-corrected chi connectivity index (χ2v) is 4.40. The normalized spacial score (nSPS) is 20.0. The molecule has 1 aliphatic heterocycles. The summed E-state index contributed by atoms with van der Waals surface area (Å²) in [6.45, 7) is 1.42. The molecular weight excluding hydrogens is 232 g/mol. The maximum Gasteiger partial charge on any atom is 0.289 e. The highest BCUT2D eigenvalue weighted by Crippen LogP contribution is 2.21. The minimum atomic E-state index is -0.0511. The summed E-state index contributed by atoms with van der Waals surface area (Å²) in [7, 11) is 0. The number of piperidine rings is 1. The molecule has 1 amide bonds. The molecule has 1 aliphatic rings. The number of carbonyl (C=O) groups is 1. The fourth-order valence-electron chi connectivity index (χ4n) is 2.32. The van der Waals surface area contributed by atoms with Gasteiger partial charge < -0.3 is 9.32 Å². The van der Waals surface area contributed by atoms with Gasteiger partial charge in [0.15, 0.2) is 5.76 Å². The first kappa shape index (κ1) is 11.0. The third kappa shape index (κ3) is 2.01. The molecule has 6 nitrogen and oxygen atoms in total. The van der Waals surface area contributed by atoms with E-state index in [-0.39, 0.29) is 11.9 Å². The molecule has 0 spiro atoms.